The number of carbonyl (C=O) groups is 1. The monoisotopic (exact) mass is 503 g/mol. The van der Waals surface area contributed by atoms with Gasteiger partial charge in [-0.25, -0.2) is 0 Å². The van der Waals surface area contributed by atoms with Crippen molar-refractivity contribution < 1.29 is 31.9 Å². The highest BCUT2D eigenvalue weighted by atomic mass is 19.4. The maximum atomic E-state index is 13.0. The van der Waals surface area contributed by atoms with Gasteiger partial charge < -0.3 is 23.8 Å². The van der Waals surface area contributed by atoms with E-state index in [-0.39, 0.29) is 29.8 Å². The smallest absolute Gasteiger partial charge is 0.416 e. The molecule has 0 unspecified atom stereocenters. The average molecular weight is 503 g/mol. The van der Waals surface area contributed by atoms with E-state index in [1.807, 2.05) is 0 Å². The molecule has 0 aliphatic heterocycles. The fourth-order valence-corrected chi connectivity index (χ4v) is 3.84. The first kappa shape index (κ1) is 25.3. The summed E-state index contributed by atoms with van der Waals surface area (Å²) in [5.41, 5.74) is -0.685. The van der Waals surface area contributed by atoms with Crippen LogP contribution in [0.3, 0.4) is 0 Å². The van der Waals surface area contributed by atoms with E-state index in [0.29, 0.717) is 23.6 Å². The van der Waals surface area contributed by atoms with Gasteiger partial charge in [0.1, 0.15) is 23.2 Å². The third-order valence-corrected chi connectivity index (χ3v) is 5.66. The summed E-state index contributed by atoms with van der Waals surface area (Å²) in [6.07, 6.45) is -2.45. The molecule has 0 radical (unpaired) electrons. The zero-order valence-electron chi connectivity index (χ0n) is 19.5. The lowest BCUT2D eigenvalue weighted by molar-refractivity contribution is -0.137. The summed E-state index contributed by atoms with van der Waals surface area (Å²) in [4.78, 5) is 27.5. The molecule has 1 atom stereocenters. The predicted octanol–water partition coefficient (Wildman–Crippen LogP) is 3.84. The fourth-order valence-electron chi connectivity index (χ4n) is 3.84. The lowest BCUT2D eigenvalue weighted by Gasteiger charge is -2.18. The number of carbonyl (C=O) groups excluding carboxylic acids is 1. The van der Waals surface area contributed by atoms with Crippen LogP contribution in [0.4, 0.5) is 13.2 Å². The molecule has 1 amide bonds. The maximum absolute atomic E-state index is 13.0. The van der Waals surface area contributed by atoms with Gasteiger partial charge in [0.05, 0.1) is 23.8 Å². The first-order valence-corrected chi connectivity index (χ1v) is 11.0. The summed E-state index contributed by atoms with van der Waals surface area (Å²) in [6, 6.07) is 9.32. The number of alkyl halides is 3. The van der Waals surface area contributed by atoms with Crippen molar-refractivity contribution in [3.63, 3.8) is 0 Å². The van der Waals surface area contributed by atoms with E-state index < -0.39 is 29.2 Å². The Kier molecular flexibility index (Phi) is 7.04. The summed E-state index contributed by atoms with van der Waals surface area (Å²) in [5.74, 6) is 0.250. The van der Waals surface area contributed by atoms with Crippen LogP contribution in [0.2, 0.25) is 0 Å². The Bertz CT molecular complexity index is 1410. The molecule has 0 aliphatic carbocycles. The highest BCUT2D eigenvalue weighted by Gasteiger charge is 2.30. The van der Waals surface area contributed by atoms with Crippen LogP contribution < -0.4 is 10.7 Å². The Morgan fingerprint density at radius 2 is 1.94 bits per heavy atom. The fraction of sp³-hybridized carbons (Fsp3) is 0.280. The molecular weight excluding hydrogens is 479 g/mol. The number of rotatable bonds is 8. The number of halogens is 3. The third kappa shape index (κ3) is 5.52. The van der Waals surface area contributed by atoms with Gasteiger partial charge in [-0.3, -0.25) is 14.5 Å². The Labute approximate surface area is 203 Å². The van der Waals surface area contributed by atoms with Crippen LogP contribution in [0.5, 0.6) is 0 Å². The third-order valence-electron chi connectivity index (χ3n) is 5.66. The number of nitrogens with one attached hydrogen (secondary N) is 1. The van der Waals surface area contributed by atoms with Gasteiger partial charge in [0.25, 0.3) is 5.91 Å². The van der Waals surface area contributed by atoms with Gasteiger partial charge in [-0.15, -0.1) is 0 Å². The molecule has 4 rings (SSSR count). The highest BCUT2D eigenvalue weighted by molar-refractivity contribution is 5.96. The molecule has 3 heterocycles. The quantitative estimate of drug-likeness (QED) is 0.379. The minimum Gasteiger partial charge on any atom is -0.467 e. The largest absolute Gasteiger partial charge is 0.467 e. The number of likely N-dealkylation sites (N-methyl/N-ethyl adjacent to an activating group) is 1. The molecule has 8 nitrogen and oxygen atoms in total. The van der Waals surface area contributed by atoms with E-state index >= 15 is 0 Å². The normalized spacial score (nSPS) is 12.9. The molecule has 190 valence electrons. The number of aromatic nitrogens is 1. The first-order chi connectivity index (χ1) is 17.0. The van der Waals surface area contributed by atoms with E-state index in [1.165, 1.54) is 29.2 Å². The topological polar surface area (TPSA) is 101 Å². The van der Waals surface area contributed by atoms with Crippen molar-refractivity contribution in [3.05, 3.63) is 93.4 Å². The van der Waals surface area contributed by atoms with Crippen molar-refractivity contribution in [3.8, 4) is 0 Å². The number of pyridine rings is 1. The number of furan rings is 2. The van der Waals surface area contributed by atoms with Gasteiger partial charge in [0.2, 0.25) is 11.1 Å². The molecule has 2 N–H and O–H groups in total. The average Bonchev–Trinajstić information content (AvgIpc) is 3.50. The molecule has 0 spiro atoms. The van der Waals surface area contributed by atoms with Gasteiger partial charge in [0.15, 0.2) is 0 Å². The van der Waals surface area contributed by atoms with Crippen LogP contribution in [0.1, 0.15) is 39.1 Å². The molecule has 3 aromatic heterocycles. The van der Waals surface area contributed by atoms with E-state index in [0.717, 1.165) is 12.1 Å². The van der Waals surface area contributed by atoms with Crippen LogP contribution >= 0.6 is 0 Å². The molecule has 4 aromatic rings. The molecule has 0 saturated carbocycles. The van der Waals surface area contributed by atoms with Gasteiger partial charge in [-0.2, -0.15) is 13.2 Å². The van der Waals surface area contributed by atoms with Crippen molar-refractivity contribution in [2.75, 3.05) is 13.6 Å². The minimum atomic E-state index is -4.44. The van der Waals surface area contributed by atoms with Crippen molar-refractivity contribution in [2.24, 2.45) is 7.05 Å². The number of aliphatic hydroxyl groups excluding tert-OH is 1. The molecular formula is C25H24F3N3O5. The van der Waals surface area contributed by atoms with Gasteiger partial charge >= 0.3 is 6.18 Å². The standard InChI is InChI=1S/C25H24F3N3O5/c1-30(14-20(32)21-4-3-9-35-21)12-17-10-18-22(33)19(13-31(2)24(18)36-17)23(34)29-11-15-5-7-16(8-6-15)25(26,27)28/h3-10,13,20,32H,11-12,14H2,1-2H3,(H,29,34)/t20-/m1/s1. The summed E-state index contributed by atoms with van der Waals surface area (Å²) in [6.45, 7) is 0.511. The number of nitrogens with zero attached hydrogens (tertiary/aromatic N) is 2. The molecule has 36 heavy (non-hydrogen) atoms. The second-order valence-electron chi connectivity index (χ2n) is 8.52. The van der Waals surface area contributed by atoms with Gasteiger partial charge in [-0.1, -0.05) is 12.1 Å². The van der Waals surface area contributed by atoms with Crippen LogP contribution in [-0.4, -0.2) is 34.1 Å². The second-order valence-corrected chi connectivity index (χ2v) is 8.52. The van der Waals surface area contributed by atoms with E-state index in [1.54, 1.807) is 37.2 Å². The number of fused-ring (bicyclic) bond motifs is 1. The van der Waals surface area contributed by atoms with Crippen LogP contribution in [-0.2, 0) is 26.3 Å². The second kappa shape index (κ2) is 10.0. The molecule has 1 aromatic carbocycles. The maximum Gasteiger partial charge on any atom is 0.416 e. The zero-order chi connectivity index (χ0) is 26.0. The number of benzene rings is 1. The molecule has 11 heteroatoms. The van der Waals surface area contributed by atoms with Crippen molar-refractivity contribution in [2.45, 2.75) is 25.4 Å². The molecule has 0 saturated heterocycles. The first-order valence-electron chi connectivity index (χ1n) is 11.0. The summed E-state index contributed by atoms with van der Waals surface area (Å²) in [7, 11) is 3.41. The number of amides is 1. The minimum absolute atomic E-state index is 0.0441. The summed E-state index contributed by atoms with van der Waals surface area (Å²) < 4.78 is 50.7. The zero-order valence-corrected chi connectivity index (χ0v) is 19.5. The predicted molar refractivity (Wildman–Crippen MR) is 124 cm³/mol. The van der Waals surface area contributed by atoms with E-state index in [2.05, 4.69) is 5.32 Å². The molecule has 0 bridgehead atoms. The number of aryl methyl sites for hydroxylation is 1. The Morgan fingerprint density at radius 3 is 2.58 bits per heavy atom. The van der Waals surface area contributed by atoms with Crippen LogP contribution in [0.15, 0.2) is 68.6 Å². The Morgan fingerprint density at radius 1 is 1.22 bits per heavy atom. The van der Waals surface area contributed by atoms with E-state index in [4.69, 9.17) is 8.83 Å². The van der Waals surface area contributed by atoms with E-state index in [9.17, 15) is 27.9 Å². The summed E-state index contributed by atoms with van der Waals surface area (Å²) in [5, 5.41) is 13.0. The summed E-state index contributed by atoms with van der Waals surface area (Å²) >= 11 is 0. The molecule has 0 aliphatic rings. The van der Waals surface area contributed by atoms with Gasteiger partial charge in [0, 0.05) is 26.3 Å². The number of hydrogen-bond acceptors (Lipinski definition) is 6. The van der Waals surface area contributed by atoms with Gasteiger partial charge in [-0.05, 0) is 42.9 Å². The lowest BCUT2D eigenvalue weighted by atomic mass is 10.1. The number of aliphatic hydroxyl groups is 1. The SMILES string of the molecule is CN(Cc1cc2c(=O)c(C(=O)NCc3ccc(C(F)(F)F)cc3)cn(C)c2o1)C[C@@H](O)c1ccco1. The Hall–Kier alpha value is -3.83. The van der Waals surface area contributed by atoms with Crippen molar-refractivity contribution in [1.29, 1.82) is 0 Å². The lowest BCUT2D eigenvalue weighted by Crippen LogP contribution is -2.29. The molecule has 0 fully saturated rings. The van der Waals surface area contributed by atoms with Crippen LogP contribution in [0.25, 0.3) is 11.1 Å². The van der Waals surface area contributed by atoms with Crippen molar-refractivity contribution >= 4 is 17.0 Å². The highest BCUT2D eigenvalue weighted by Crippen LogP contribution is 2.29. The van der Waals surface area contributed by atoms with Crippen molar-refractivity contribution in [1.82, 2.24) is 14.8 Å². The Balaban J connectivity index is 1.46. The number of hydrogen-bond donors (Lipinski definition) is 2. The van der Waals surface area contributed by atoms with Crippen LogP contribution in [0, 0.1) is 0 Å².